The smallest absolute Gasteiger partial charge is 0.240 e. The Labute approximate surface area is 126 Å². The van der Waals surface area contributed by atoms with Crippen LogP contribution in [-0.4, -0.2) is 23.4 Å². The van der Waals surface area contributed by atoms with Crippen LogP contribution in [-0.2, 0) is 6.54 Å². The molecule has 0 bridgehead atoms. The van der Waals surface area contributed by atoms with Crippen LogP contribution in [0.2, 0.25) is 5.02 Å². The molecule has 21 heavy (non-hydrogen) atoms. The van der Waals surface area contributed by atoms with Gasteiger partial charge in [-0.25, -0.2) is 0 Å². The van der Waals surface area contributed by atoms with E-state index in [0.29, 0.717) is 47.0 Å². The zero-order chi connectivity index (χ0) is 14.4. The average molecular weight is 308 g/mol. The van der Waals surface area contributed by atoms with E-state index in [1.54, 1.807) is 12.1 Å². The summed E-state index contributed by atoms with van der Waals surface area (Å²) in [7, 11) is 0. The highest BCUT2D eigenvalue weighted by atomic mass is 35.5. The van der Waals surface area contributed by atoms with Crippen LogP contribution in [0.3, 0.4) is 0 Å². The molecule has 110 valence electrons. The van der Waals surface area contributed by atoms with E-state index in [9.17, 15) is 0 Å². The largest absolute Gasteiger partial charge is 0.489 e. The van der Waals surface area contributed by atoms with Crippen molar-refractivity contribution in [3.05, 3.63) is 23.0 Å². The Morgan fingerprint density at radius 1 is 1.19 bits per heavy atom. The third-order valence-electron chi connectivity index (χ3n) is 3.94. The second kappa shape index (κ2) is 4.61. The molecule has 4 rings (SSSR count). The molecule has 2 aromatic rings. The van der Waals surface area contributed by atoms with Gasteiger partial charge in [-0.1, -0.05) is 16.8 Å². The van der Waals surface area contributed by atoms with Crippen LogP contribution in [0.5, 0.6) is 11.5 Å². The standard InChI is InChI=1S/C14H14ClN3O3/c15-9-4-11-10(19-6-14(1-2-14)7-20-11)3-8(9)13-17-12(5-16)21-18-13/h3-4H,1-2,5-7,16H2. The summed E-state index contributed by atoms with van der Waals surface area (Å²) in [5.74, 6) is 2.09. The molecular weight excluding hydrogens is 294 g/mol. The minimum atomic E-state index is 0.185. The van der Waals surface area contributed by atoms with Crippen molar-refractivity contribution in [2.24, 2.45) is 11.1 Å². The Bertz CT molecular complexity index is 697. The second-order valence-corrected chi connectivity index (χ2v) is 5.98. The van der Waals surface area contributed by atoms with E-state index >= 15 is 0 Å². The van der Waals surface area contributed by atoms with E-state index in [2.05, 4.69) is 10.1 Å². The molecule has 0 atom stereocenters. The van der Waals surface area contributed by atoms with Crippen molar-refractivity contribution in [1.29, 1.82) is 0 Å². The molecular formula is C14H14ClN3O3. The van der Waals surface area contributed by atoms with Crippen molar-refractivity contribution in [2.75, 3.05) is 13.2 Å². The summed E-state index contributed by atoms with van der Waals surface area (Å²) in [6.07, 6.45) is 2.29. The predicted molar refractivity (Wildman–Crippen MR) is 75.3 cm³/mol. The second-order valence-electron chi connectivity index (χ2n) is 5.57. The molecule has 2 aliphatic rings. The SMILES string of the molecule is NCc1nc(-c2cc3c(cc2Cl)OCC2(CC2)CO3)no1. The molecule has 1 aromatic carbocycles. The Hall–Kier alpha value is -1.79. The summed E-state index contributed by atoms with van der Waals surface area (Å²) in [6.45, 7) is 1.54. The quantitative estimate of drug-likeness (QED) is 0.917. The van der Waals surface area contributed by atoms with Crippen molar-refractivity contribution in [3.8, 4) is 22.9 Å². The monoisotopic (exact) mass is 307 g/mol. The van der Waals surface area contributed by atoms with Gasteiger partial charge in [0.1, 0.15) is 0 Å². The lowest BCUT2D eigenvalue weighted by atomic mass is 10.1. The van der Waals surface area contributed by atoms with E-state index in [1.807, 2.05) is 0 Å². The summed E-state index contributed by atoms with van der Waals surface area (Å²) < 4.78 is 16.7. The van der Waals surface area contributed by atoms with E-state index in [1.165, 1.54) is 0 Å². The average Bonchev–Trinajstić information content (AvgIpc) is 3.15. The van der Waals surface area contributed by atoms with Crippen LogP contribution in [0, 0.1) is 5.41 Å². The Balaban J connectivity index is 1.71. The summed E-state index contributed by atoms with van der Waals surface area (Å²) >= 11 is 6.30. The first-order chi connectivity index (χ1) is 10.2. The molecule has 2 N–H and O–H groups in total. The number of hydrogen-bond acceptors (Lipinski definition) is 6. The van der Waals surface area contributed by atoms with Crippen LogP contribution in [0.4, 0.5) is 0 Å². The highest BCUT2D eigenvalue weighted by molar-refractivity contribution is 6.33. The fraction of sp³-hybridized carbons (Fsp3) is 0.429. The van der Waals surface area contributed by atoms with Gasteiger partial charge >= 0.3 is 0 Å². The number of benzene rings is 1. The summed E-state index contributed by atoms with van der Waals surface area (Å²) in [6, 6.07) is 3.54. The van der Waals surface area contributed by atoms with E-state index in [0.717, 1.165) is 12.8 Å². The Morgan fingerprint density at radius 2 is 1.90 bits per heavy atom. The van der Waals surface area contributed by atoms with Crippen LogP contribution < -0.4 is 15.2 Å². The van der Waals surface area contributed by atoms with Gasteiger partial charge in [-0.2, -0.15) is 4.98 Å². The topological polar surface area (TPSA) is 83.4 Å². The fourth-order valence-electron chi connectivity index (χ4n) is 2.35. The van der Waals surface area contributed by atoms with Crippen molar-refractivity contribution < 1.29 is 14.0 Å². The van der Waals surface area contributed by atoms with Crippen molar-refractivity contribution in [3.63, 3.8) is 0 Å². The van der Waals surface area contributed by atoms with Gasteiger partial charge in [0.05, 0.1) is 24.8 Å². The molecule has 1 aliphatic heterocycles. The van der Waals surface area contributed by atoms with Crippen LogP contribution in [0.25, 0.3) is 11.4 Å². The highest BCUT2D eigenvalue weighted by Crippen LogP contribution is 2.50. The predicted octanol–water partition coefficient (Wildman–Crippen LogP) is 2.40. The first-order valence-corrected chi connectivity index (χ1v) is 7.19. The summed E-state index contributed by atoms with van der Waals surface area (Å²) in [4.78, 5) is 4.19. The number of aromatic nitrogens is 2. The minimum Gasteiger partial charge on any atom is -0.489 e. The summed E-state index contributed by atoms with van der Waals surface area (Å²) in [5.41, 5.74) is 6.31. The maximum Gasteiger partial charge on any atom is 0.240 e. The molecule has 1 saturated carbocycles. The molecule has 1 aliphatic carbocycles. The maximum absolute atomic E-state index is 6.30. The number of ether oxygens (including phenoxy) is 2. The van der Waals surface area contributed by atoms with Gasteiger partial charge in [0, 0.05) is 17.0 Å². The number of rotatable bonds is 2. The van der Waals surface area contributed by atoms with Gasteiger partial charge < -0.3 is 19.7 Å². The number of nitrogens with zero attached hydrogens (tertiary/aromatic N) is 2. The molecule has 1 fully saturated rings. The number of nitrogens with two attached hydrogens (primary N) is 1. The molecule has 1 aromatic heterocycles. The fourth-order valence-corrected chi connectivity index (χ4v) is 2.59. The first-order valence-electron chi connectivity index (χ1n) is 6.81. The maximum atomic E-state index is 6.30. The van der Waals surface area contributed by atoms with E-state index < -0.39 is 0 Å². The van der Waals surface area contributed by atoms with Gasteiger partial charge in [-0.15, -0.1) is 0 Å². The number of halogens is 1. The number of fused-ring (bicyclic) bond motifs is 1. The van der Waals surface area contributed by atoms with Crippen LogP contribution >= 0.6 is 11.6 Å². The first kappa shape index (κ1) is 12.9. The molecule has 1 spiro atoms. The van der Waals surface area contributed by atoms with Crippen molar-refractivity contribution >= 4 is 11.6 Å². The van der Waals surface area contributed by atoms with Crippen LogP contribution in [0.1, 0.15) is 18.7 Å². The van der Waals surface area contributed by atoms with Crippen molar-refractivity contribution in [2.45, 2.75) is 19.4 Å². The third kappa shape index (κ3) is 2.24. The zero-order valence-corrected chi connectivity index (χ0v) is 12.0. The number of hydrogen-bond donors (Lipinski definition) is 1. The van der Waals surface area contributed by atoms with Gasteiger partial charge in [0.15, 0.2) is 11.5 Å². The Morgan fingerprint density at radius 3 is 2.52 bits per heavy atom. The normalized spacial score (nSPS) is 18.6. The molecule has 2 heterocycles. The molecule has 6 nitrogen and oxygen atoms in total. The van der Waals surface area contributed by atoms with E-state index in [4.69, 9.17) is 31.3 Å². The van der Waals surface area contributed by atoms with Gasteiger partial charge in [-0.3, -0.25) is 0 Å². The lowest BCUT2D eigenvalue weighted by Gasteiger charge is -2.09. The summed E-state index contributed by atoms with van der Waals surface area (Å²) in [5, 5.41) is 4.38. The molecule has 0 radical (unpaired) electrons. The van der Waals surface area contributed by atoms with Gasteiger partial charge in [0.25, 0.3) is 0 Å². The van der Waals surface area contributed by atoms with Gasteiger partial charge in [0.2, 0.25) is 11.7 Å². The zero-order valence-electron chi connectivity index (χ0n) is 11.3. The molecule has 0 amide bonds. The minimum absolute atomic E-state index is 0.185. The lowest BCUT2D eigenvalue weighted by molar-refractivity contribution is 0.197. The third-order valence-corrected chi connectivity index (χ3v) is 4.25. The Kier molecular flexibility index (Phi) is 2.83. The highest BCUT2D eigenvalue weighted by Gasteiger charge is 2.46. The molecule has 0 unspecified atom stereocenters. The van der Waals surface area contributed by atoms with E-state index in [-0.39, 0.29) is 12.0 Å². The van der Waals surface area contributed by atoms with Crippen LogP contribution in [0.15, 0.2) is 16.7 Å². The lowest BCUT2D eigenvalue weighted by Crippen LogP contribution is -2.17. The molecule has 0 saturated heterocycles. The molecule has 7 heteroatoms. The van der Waals surface area contributed by atoms with Crippen molar-refractivity contribution in [1.82, 2.24) is 10.1 Å². The van der Waals surface area contributed by atoms with Gasteiger partial charge in [-0.05, 0) is 18.9 Å².